The highest BCUT2D eigenvalue weighted by molar-refractivity contribution is 5.95. The molecule has 0 radical (unpaired) electrons. The van der Waals surface area contributed by atoms with E-state index in [0.717, 1.165) is 42.8 Å². The number of amides is 1. The Morgan fingerprint density at radius 3 is 2.55 bits per heavy atom. The molecule has 5 N–H and O–H groups in total. The van der Waals surface area contributed by atoms with Gasteiger partial charge in [0, 0.05) is 48.8 Å². The van der Waals surface area contributed by atoms with Crippen molar-refractivity contribution in [2.75, 3.05) is 38.6 Å². The van der Waals surface area contributed by atoms with Crippen LogP contribution in [0.3, 0.4) is 0 Å². The van der Waals surface area contributed by atoms with Crippen LogP contribution in [0.25, 0.3) is 0 Å². The van der Waals surface area contributed by atoms with E-state index in [1.165, 1.54) is 51.4 Å². The Morgan fingerprint density at radius 1 is 1.00 bits per heavy atom. The SMILES string of the molecule is CN1C(CNc2cccc(C(=O)N[C@H]3CCOc4ccccc43)c2)NNC1C1C(F)CNCC12CCCCCCCCCC2. The smallest absolute Gasteiger partial charge is 0.251 e. The summed E-state index contributed by atoms with van der Waals surface area (Å²) in [5.74, 6) is 0.666. The number of benzene rings is 2. The fraction of sp³-hybridized carbons (Fsp3) is 0.629. The van der Waals surface area contributed by atoms with E-state index in [4.69, 9.17) is 4.74 Å². The standard InChI is InChI=1S/C35H51FN6O2/c1-42-31(40-41-33(42)32-28(36)22-37-24-35(32)18-10-6-4-2-3-5-7-11-19-35)23-38-26-14-12-13-25(21-26)34(43)39-29-17-20-44-30-16-9-8-15-27(29)30/h8-9,12-16,21,28-29,31-33,37-38,40-41H,2-7,10-11,17-20,22-24H2,1H3,(H,39,43)/t28?,29-,31?,32?,33?/m0/s1. The van der Waals surface area contributed by atoms with Crippen LogP contribution in [0, 0.1) is 11.3 Å². The van der Waals surface area contributed by atoms with Gasteiger partial charge in [-0.05, 0) is 49.6 Å². The molecule has 2 aromatic rings. The van der Waals surface area contributed by atoms with Crippen LogP contribution in [0.2, 0.25) is 0 Å². The summed E-state index contributed by atoms with van der Waals surface area (Å²) in [6.45, 7) is 2.53. The highest BCUT2D eigenvalue weighted by Crippen LogP contribution is 2.46. The lowest BCUT2D eigenvalue weighted by Gasteiger charge is -2.50. The summed E-state index contributed by atoms with van der Waals surface area (Å²) in [5.41, 5.74) is 9.46. The number of carbonyl (C=O) groups excluding carboxylic acids is 1. The van der Waals surface area contributed by atoms with Gasteiger partial charge in [-0.25, -0.2) is 15.2 Å². The average molecular weight is 607 g/mol. The Morgan fingerprint density at radius 2 is 1.75 bits per heavy atom. The fourth-order valence-electron chi connectivity index (χ4n) is 8.11. The van der Waals surface area contributed by atoms with Crippen LogP contribution in [0.5, 0.6) is 5.75 Å². The number of carbonyl (C=O) groups is 1. The third-order valence-electron chi connectivity index (χ3n) is 10.6. The summed E-state index contributed by atoms with van der Waals surface area (Å²) >= 11 is 0. The molecule has 3 heterocycles. The number of piperidine rings is 1. The molecule has 1 aliphatic carbocycles. The van der Waals surface area contributed by atoms with Gasteiger partial charge in [0.15, 0.2) is 0 Å². The van der Waals surface area contributed by atoms with Crippen molar-refractivity contribution in [1.29, 1.82) is 0 Å². The van der Waals surface area contributed by atoms with Crippen molar-refractivity contribution in [3.8, 4) is 5.75 Å². The number of ether oxygens (including phenoxy) is 1. The maximum Gasteiger partial charge on any atom is 0.251 e. The minimum Gasteiger partial charge on any atom is -0.493 e. The molecule has 1 saturated carbocycles. The molecule has 6 rings (SSSR count). The van der Waals surface area contributed by atoms with Crippen LogP contribution in [0.15, 0.2) is 48.5 Å². The van der Waals surface area contributed by atoms with E-state index < -0.39 is 6.17 Å². The van der Waals surface area contributed by atoms with E-state index in [9.17, 15) is 4.79 Å². The lowest BCUT2D eigenvalue weighted by molar-refractivity contribution is -0.0367. The molecule has 3 fully saturated rings. The third-order valence-corrected chi connectivity index (χ3v) is 10.6. The van der Waals surface area contributed by atoms with E-state index in [1.54, 1.807) is 0 Å². The number of fused-ring (bicyclic) bond motifs is 1. The lowest BCUT2D eigenvalue weighted by atomic mass is 9.63. The molecule has 0 aromatic heterocycles. The van der Waals surface area contributed by atoms with Gasteiger partial charge >= 0.3 is 0 Å². The van der Waals surface area contributed by atoms with E-state index in [1.807, 2.05) is 48.5 Å². The number of hydrogen-bond donors (Lipinski definition) is 5. The number of nitrogens with one attached hydrogen (secondary N) is 5. The maximum atomic E-state index is 15.9. The zero-order chi connectivity index (χ0) is 30.4. The van der Waals surface area contributed by atoms with Crippen LogP contribution in [0.1, 0.15) is 92.6 Å². The topological polar surface area (TPSA) is 89.7 Å². The summed E-state index contributed by atoms with van der Waals surface area (Å²) in [5, 5.41) is 10.2. The number of likely N-dealkylation sites (N-methyl/N-ethyl adjacent to an activating group) is 1. The van der Waals surface area contributed by atoms with E-state index >= 15 is 4.39 Å². The van der Waals surface area contributed by atoms with Crippen molar-refractivity contribution in [3.05, 3.63) is 59.7 Å². The Hall–Kier alpha value is -2.72. The van der Waals surface area contributed by atoms with Crippen LogP contribution in [0.4, 0.5) is 10.1 Å². The van der Waals surface area contributed by atoms with Crippen molar-refractivity contribution in [2.24, 2.45) is 11.3 Å². The average Bonchev–Trinajstić information content (AvgIpc) is 3.37. The molecule has 1 amide bonds. The molecule has 44 heavy (non-hydrogen) atoms. The van der Waals surface area contributed by atoms with Gasteiger partial charge in [0.05, 0.1) is 25.0 Å². The summed E-state index contributed by atoms with van der Waals surface area (Å²) in [6.07, 6.45) is 12.1. The number of alkyl halides is 1. The normalized spacial score (nSPS) is 29.6. The predicted octanol–water partition coefficient (Wildman–Crippen LogP) is 5.50. The zero-order valence-corrected chi connectivity index (χ0v) is 26.3. The minimum absolute atomic E-state index is 0.0157. The summed E-state index contributed by atoms with van der Waals surface area (Å²) in [4.78, 5) is 15.5. The molecular weight excluding hydrogens is 555 g/mol. The molecule has 240 valence electrons. The van der Waals surface area contributed by atoms with Gasteiger partial charge in [0.2, 0.25) is 0 Å². The largest absolute Gasteiger partial charge is 0.493 e. The molecule has 2 saturated heterocycles. The number of anilines is 1. The first-order chi connectivity index (χ1) is 21.5. The second-order valence-corrected chi connectivity index (χ2v) is 13.4. The number of hydrogen-bond acceptors (Lipinski definition) is 7. The van der Waals surface area contributed by atoms with Crippen LogP contribution < -0.4 is 31.5 Å². The number of rotatable bonds is 6. The van der Waals surface area contributed by atoms with Crippen molar-refractivity contribution in [2.45, 2.75) is 95.2 Å². The fourth-order valence-corrected chi connectivity index (χ4v) is 8.11. The Balaban J connectivity index is 1.08. The summed E-state index contributed by atoms with van der Waals surface area (Å²) in [7, 11) is 2.10. The van der Waals surface area contributed by atoms with E-state index in [-0.39, 0.29) is 35.6 Å². The molecule has 4 aliphatic rings. The summed E-state index contributed by atoms with van der Waals surface area (Å²) in [6, 6.07) is 15.5. The van der Waals surface area contributed by atoms with E-state index in [2.05, 4.69) is 38.7 Å². The maximum absolute atomic E-state index is 15.9. The minimum atomic E-state index is -0.889. The quantitative estimate of drug-likeness (QED) is 0.297. The van der Waals surface area contributed by atoms with Crippen LogP contribution in [-0.2, 0) is 0 Å². The van der Waals surface area contributed by atoms with Gasteiger partial charge in [0.25, 0.3) is 5.91 Å². The first-order valence-electron chi connectivity index (χ1n) is 17.0. The highest BCUT2D eigenvalue weighted by Gasteiger charge is 2.52. The van der Waals surface area contributed by atoms with E-state index in [0.29, 0.717) is 25.3 Å². The molecule has 0 bridgehead atoms. The lowest BCUT2D eigenvalue weighted by Crippen LogP contribution is -2.61. The molecule has 2 aromatic carbocycles. The van der Waals surface area contributed by atoms with Gasteiger partial charge in [-0.3, -0.25) is 9.69 Å². The number of nitrogens with zero attached hydrogens (tertiary/aromatic N) is 1. The molecule has 8 nitrogen and oxygen atoms in total. The highest BCUT2D eigenvalue weighted by atomic mass is 19.1. The Kier molecular flexibility index (Phi) is 10.4. The number of hydrazine groups is 1. The first-order valence-corrected chi connectivity index (χ1v) is 17.0. The first kappa shape index (κ1) is 31.3. The van der Waals surface area contributed by atoms with Gasteiger partial charge in [-0.1, -0.05) is 75.6 Å². The third kappa shape index (κ3) is 7.06. The van der Waals surface area contributed by atoms with Crippen LogP contribution >= 0.6 is 0 Å². The monoisotopic (exact) mass is 606 g/mol. The Labute approximate surface area is 262 Å². The van der Waals surface area contributed by atoms with Crippen molar-refractivity contribution in [3.63, 3.8) is 0 Å². The van der Waals surface area contributed by atoms with Crippen LogP contribution in [-0.4, -0.2) is 62.6 Å². The number of halogens is 1. The van der Waals surface area contributed by atoms with Crippen molar-refractivity contribution >= 4 is 11.6 Å². The predicted molar refractivity (Wildman–Crippen MR) is 173 cm³/mol. The molecule has 3 aliphatic heterocycles. The molecule has 1 spiro atoms. The van der Waals surface area contributed by atoms with Crippen molar-refractivity contribution < 1.29 is 13.9 Å². The zero-order valence-electron chi connectivity index (χ0n) is 26.3. The van der Waals surface area contributed by atoms with Gasteiger partial charge in [-0.15, -0.1) is 0 Å². The summed E-state index contributed by atoms with van der Waals surface area (Å²) < 4.78 is 21.7. The molecular formula is C35H51FN6O2. The second kappa shape index (κ2) is 14.6. The Bertz CT molecular complexity index is 1230. The second-order valence-electron chi connectivity index (χ2n) is 13.4. The van der Waals surface area contributed by atoms with Gasteiger partial charge in [0.1, 0.15) is 11.9 Å². The molecule has 4 unspecified atom stereocenters. The van der Waals surface area contributed by atoms with Crippen molar-refractivity contribution in [1.82, 2.24) is 26.4 Å². The van der Waals surface area contributed by atoms with Gasteiger partial charge in [-0.2, -0.15) is 0 Å². The van der Waals surface area contributed by atoms with Gasteiger partial charge < -0.3 is 20.7 Å². The number of para-hydroxylation sites is 1. The molecule has 9 heteroatoms. The molecule has 5 atom stereocenters.